The molecule has 15 nitrogen and oxygen atoms in total. The third-order valence-electron chi connectivity index (χ3n) is 11.3. The molecule has 7 N–H and O–H groups in total. The lowest BCUT2D eigenvalue weighted by atomic mass is 9.98. The van der Waals surface area contributed by atoms with E-state index in [1.54, 1.807) is 0 Å². The minimum atomic E-state index is -1.77. The largest absolute Gasteiger partial charge is 0.462 e. The first-order valence-electron chi connectivity index (χ1n) is 24.2. The molecule has 0 amide bonds. The van der Waals surface area contributed by atoms with Crippen molar-refractivity contribution in [2.24, 2.45) is 0 Å². The molecule has 0 aliphatic carbocycles. The van der Waals surface area contributed by atoms with Gasteiger partial charge in [0, 0.05) is 12.8 Å². The van der Waals surface area contributed by atoms with Gasteiger partial charge in [0.2, 0.25) is 0 Å². The highest BCUT2D eigenvalue weighted by Crippen LogP contribution is 2.26. The third-order valence-corrected chi connectivity index (χ3v) is 11.3. The van der Waals surface area contributed by atoms with Gasteiger partial charge in [-0.25, -0.2) is 0 Å². The Kier molecular flexibility index (Phi) is 32.9. The van der Waals surface area contributed by atoms with E-state index >= 15 is 0 Å². The monoisotopic (exact) mass is 913 g/mol. The van der Waals surface area contributed by atoms with Crippen LogP contribution in [-0.2, 0) is 38.0 Å². The Bertz CT molecular complexity index is 1300. The standard InChI is InChI=1S/C49H84O15/c1-3-5-7-9-11-13-15-16-17-18-19-20-22-23-25-27-29-31-40(51)59-34-37(62-41(52)32-30-28-26-24-21-14-12-10-8-6-4-2)35-60-48-47(58)45(56)43(54)39(64-48)36-61-49-46(57)44(55)42(53)38(33-50)63-49/h11,13,16-17,19-20,23,25,37-39,42-50,53-58H,3-10,12,14-15,18,21-22,24,26-36H2,1-2H3/b13-11+,17-16+,20-19+,25-23+/t37-,38+,39+,42-,43-,44?,45?,46?,47?,48+,49+/m0/s1. The second kappa shape index (κ2) is 36.6. The molecule has 15 heteroatoms. The molecule has 0 aromatic heterocycles. The highest BCUT2D eigenvalue weighted by molar-refractivity contribution is 5.70. The maximum atomic E-state index is 12.9. The summed E-state index contributed by atoms with van der Waals surface area (Å²) in [6, 6.07) is 0. The van der Waals surface area contributed by atoms with Crippen molar-refractivity contribution >= 4 is 11.9 Å². The van der Waals surface area contributed by atoms with Crippen LogP contribution >= 0.6 is 0 Å². The van der Waals surface area contributed by atoms with Gasteiger partial charge in [-0.2, -0.15) is 0 Å². The predicted octanol–water partition coefficient (Wildman–Crippen LogP) is 5.93. The number of aliphatic hydroxyl groups excluding tert-OH is 7. The van der Waals surface area contributed by atoms with E-state index in [2.05, 4.69) is 56.4 Å². The van der Waals surface area contributed by atoms with Gasteiger partial charge >= 0.3 is 11.9 Å². The maximum absolute atomic E-state index is 12.9. The van der Waals surface area contributed by atoms with Crippen LogP contribution in [0.25, 0.3) is 0 Å². The second-order valence-electron chi connectivity index (χ2n) is 16.9. The molecular formula is C49H84O15. The Labute approximate surface area is 382 Å². The van der Waals surface area contributed by atoms with Crippen LogP contribution < -0.4 is 0 Å². The molecule has 0 radical (unpaired) electrons. The fraction of sp³-hybridized carbons (Fsp3) is 0.796. The molecule has 11 atom stereocenters. The van der Waals surface area contributed by atoms with Gasteiger partial charge in [-0.05, 0) is 51.4 Å². The molecule has 2 heterocycles. The fourth-order valence-corrected chi connectivity index (χ4v) is 7.27. The van der Waals surface area contributed by atoms with E-state index in [9.17, 15) is 45.3 Å². The minimum Gasteiger partial charge on any atom is -0.462 e. The van der Waals surface area contributed by atoms with Crippen LogP contribution in [-0.4, -0.2) is 142 Å². The van der Waals surface area contributed by atoms with Crippen LogP contribution in [0.1, 0.15) is 155 Å². The van der Waals surface area contributed by atoms with Crippen molar-refractivity contribution in [2.45, 2.75) is 223 Å². The number of hydrogen-bond acceptors (Lipinski definition) is 15. The van der Waals surface area contributed by atoms with Gasteiger partial charge in [0.05, 0.1) is 19.8 Å². The molecular weight excluding hydrogens is 829 g/mol. The topological polar surface area (TPSA) is 231 Å². The van der Waals surface area contributed by atoms with E-state index in [0.717, 1.165) is 44.9 Å². The van der Waals surface area contributed by atoms with Crippen molar-refractivity contribution in [1.82, 2.24) is 0 Å². The molecule has 4 unspecified atom stereocenters. The zero-order valence-electron chi connectivity index (χ0n) is 38.8. The molecule has 2 fully saturated rings. The summed E-state index contributed by atoms with van der Waals surface area (Å²) in [5.41, 5.74) is 0. The Morgan fingerprint density at radius 2 is 0.953 bits per heavy atom. The van der Waals surface area contributed by atoms with Crippen LogP contribution in [0.15, 0.2) is 48.6 Å². The quantitative estimate of drug-likeness (QED) is 0.0220. The lowest BCUT2D eigenvalue weighted by Crippen LogP contribution is -2.61. The summed E-state index contributed by atoms with van der Waals surface area (Å²) in [5.74, 6) is -0.993. The number of aliphatic hydroxyl groups is 7. The van der Waals surface area contributed by atoms with E-state index in [0.29, 0.717) is 19.3 Å². The molecule has 0 aromatic rings. The summed E-state index contributed by atoms with van der Waals surface area (Å²) in [7, 11) is 0. The number of rotatable bonds is 36. The normalized spacial score (nSPS) is 27.0. The first-order chi connectivity index (χ1) is 31.0. The van der Waals surface area contributed by atoms with E-state index in [1.165, 1.54) is 64.2 Å². The molecule has 64 heavy (non-hydrogen) atoms. The maximum Gasteiger partial charge on any atom is 0.306 e. The average molecular weight is 913 g/mol. The van der Waals surface area contributed by atoms with Crippen LogP contribution in [0.4, 0.5) is 0 Å². The first kappa shape index (κ1) is 57.6. The molecule has 2 aliphatic rings. The van der Waals surface area contributed by atoms with Crippen LogP contribution in [0, 0.1) is 0 Å². The lowest BCUT2D eigenvalue weighted by molar-refractivity contribution is -0.332. The number of carbonyl (C=O) groups is 2. The van der Waals surface area contributed by atoms with E-state index < -0.39 is 99.3 Å². The van der Waals surface area contributed by atoms with Crippen molar-refractivity contribution in [3.63, 3.8) is 0 Å². The SMILES string of the molecule is CCCCC/C=C/C/C=C/C/C=C/C/C=C/CCCC(=O)OC[C@@H](CO[C@@H]1O[C@H](CO[C@@H]2O[C@H](CO)[C@H](O)C(O)C2O)[C@H](O)C(O)C1O)OC(=O)CCCCCCCCCCCCC. The summed E-state index contributed by atoms with van der Waals surface area (Å²) in [6.07, 6.45) is 21.6. The number of hydrogen-bond donors (Lipinski definition) is 7. The van der Waals surface area contributed by atoms with Gasteiger partial charge in [-0.1, -0.05) is 140 Å². The Balaban J connectivity index is 1.85. The lowest BCUT2D eigenvalue weighted by Gasteiger charge is -2.42. The number of allylic oxidation sites excluding steroid dienone is 8. The highest BCUT2D eigenvalue weighted by Gasteiger charge is 2.47. The molecule has 2 saturated heterocycles. The van der Waals surface area contributed by atoms with Crippen molar-refractivity contribution in [3.8, 4) is 0 Å². The van der Waals surface area contributed by atoms with Crippen LogP contribution in [0.2, 0.25) is 0 Å². The average Bonchev–Trinajstić information content (AvgIpc) is 3.29. The van der Waals surface area contributed by atoms with Crippen molar-refractivity contribution < 1.29 is 73.8 Å². The van der Waals surface area contributed by atoms with E-state index in [4.69, 9.17) is 28.4 Å². The summed E-state index contributed by atoms with van der Waals surface area (Å²) in [6.45, 7) is 2.47. The zero-order chi connectivity index (χ0) is 46.8. The Hall–Kier alpha value is -2.54. The fourth-order valence-electron chi connectivity index (χ4n) is 7.27. The number of unbranched alkanes of at least 4 members (excludes halogenated alkanes) is 14. The van der Waals surface area contributed by atoms with Gasteiger partial charge < -0.3 is 64.2 Å². The van der Waals surface area contributed by atoms with Gasteiger partial charge in [0.1, 0.15) is 55.4 Å². The van der Waals surface area contributed by atoms with E-state index in [-0.39, 0.29) is 19.4 Å². The predicted molar refractivity (Wildman–Crippen MR) is 243 cm³/mol. The third kappa shape index (κ3) is 24.8. The molecule has 0 saturated carbocycles. The van der Waals surface area contributed by atoms with Crippen LogP contribution in [0.3, 0.4) is 0 Å². The van der Waals surface area contributed by atoms with Crippen molar-refractivity contribution in [3.05, 3.63) is 48.6 Å². The van der Waals surface area contributed by atoms with Crippen molar-refractivity contribution in [1.29, 1.82) is 0 Å². The summed E-state index contributed by atoms with van der Waals surface area (Å²) >= 11 is 0. The molecule has 370 valence electrons. The van der Waals surface area contributed by atoms with Gasteiger partial charge in [-0.15, -0.1) is 0 Å². The Morgan fingerprint density at radius 3 is 1.52 bits per heavy atom. The second-order valence-corrected chi connectivity index (χ2v) is 16.9. The molecule has 2 aliphatic heterocycles. The minimum absolute atomic E-state index is 0.142. The Morgan fingerprint density at radius 1 is 0.500 bits per heavy atom. The van der Waals surface area contributed by atoms with E-state index in [1.807, 2.05) is 6.08 Å². The van der Waals surface area contributed by atoms with Gasteiger partial charge in [0.15, 0.2) is 18.7 Å². The molecule has 0 aromatic carbocycles. The molecule has 0 spiro atoms. The molecule has 2 rings (SSSR count). The number of carbonyl (C=O) groups excluding carboxylic acids is 2. The summed E-state index contributed by atoms with van der Waals surface area (Å²) in [4.78, 5) is 25.6. The highest BCUT2D eigenvalue weighted by atomic mass is 16.7. The van der Waals surface area contributed by atoms with Crippen molar-refractivity contribution in [2.75, 3.05) is 26.4 Å². The van der Waals surface area contributed by atoms with Gasteiger partial charge in [0.25, 0.3) is 0 Å². The molecule has 0 bridgehead atoms. The first-order valence-corrected chi connectivity index (χ1v) is 24.2. The number of esters is 2. The van der Waals surface area contributed by atoms with Gasteiger partial charge in [-0.3, -0.25) is 9.59 Å². The number of ether oxygens (including phenoxy) is 6. The summed E-state index contributed by atoms with van der Waals surface area (Å²) in [5, 5.41) is 71.9. The smallest absolute Gasteiger partial charge is 0.306 e. The van der Waals surface area contributed by atoms with Crippen LogP contribution in [0.5, 0.6) is 0 Å². The zero-order valence-corrected chi connectivity index (χ0v) is 38.8. The summed E-state index contributed by atoms with van der Waals surface area (Å²) < 4.78 is 33.4.